The van der Waals surface area contributed by atoms with Crippen molar-refractivity contribution in [3.63, 3.8) is 0 Å². The van der Waals surface area contributed by atoms with Crippen molar-refractivity contribution < 1.29 is 32.9 Å². The lowest BCUT2D eigenvalue weighted by Gasteiger charge is -2.45. The number of carbonyl (C=O) groups is 1. The Bertz CT molecular complexity index is 1700. The number of aliphatic carboxylic acids is 1. The summed E-state index contributed by atoms with van der Waals surface area (Å²) in [6.07, 6.45) is 0.946. The SMILES string of the molecule is CCCCN(CC(=O)O)c1ccc(S(=O)(=O)N2CC(N(Cc3ccccc3)CC(O)COc3ccc(OCc4ccccc4)cc3)C2)cc1. The van der Waals surface area contributed by atoms with Gasteiger partial charge in [0.25, 0.3) is 0 Å². The van der Waals surface area contributed by atoms with Gasteiger partial charge in [0.05, 0.1) is 4.90 Å². The first-order valence-corrected chi connectivity index (χ1v) is 18.1. The average molecular weight is 688 g/mol. The molecule has 1 fully saturated rings. The summed E-state index contributed by atoms with van der Waals surface area (Å²) in [5.74, 6) is 0.400. The zero-order valence-corrected chi connectivity index (χ0v) is 28.6. The number of unbranched alkanes of at least 4 members (excludes halogenated alkanes) is 1. The third-order valence-corrected chi connectivity index (χ3v) is 10.3. The maximum absolute atomic E-state index is 13.5. The molecule has 4 aromatic carbocycles. The van der Waals surface area contributed by atoms with Gasteiger partial charge >= 0.3 is 5.97 Å². The number of ether oxygens (including phenoxy) is 2. The Morgan fingerprint density at radius 3 is 2.04 bits per heavy atom. The van der Waals surface area contributed by atoms with Crippen LogP contribution in [0, 0.1) is 0 Å². The monoisotopic (exact) mass is 687 g/mol. The van der Waals surface area contributed by atoms with Crippen molar-refractivity contribution in [1.29, 1.82) is 0 Å². The van der Waals surface area contributed by atoms with Gasteiger partial charge in [0.1, 0.15) is 37.4 Å². The van der Waals surface area contributed by atoms with Gasteiger partial charge in [-0.1, -0.05) is 74.0 Å². The number of anilines is 1. The number of carboxylic acid groups (broad SMARTS) is 1. The molecule has 0 saturated carbocycles. The molecule has 0 aromatic heterocycles. The zero-order valence-electron chi connectivity index (χ0n) is 27.8. The molecule has 2 N–H and O–H groups in total. The molecule has 1 heterocycles. The Balaban J connectivity index is 1.16. The van der Waals surface area contributed by atoms with Crippen LogP contribution in [0.2, 0.25) is 0 Å². The molecular weight excluding hydrogens is 642 g/mol. The maximum Gasteiger partial charge on any atom is 0.323 e. The summed E-state index contributed by atoms with van der Waals surface area (Å²) in [6.45, 7) is 4.44. The summed E-state index contributed by atoms with van der Waals surface area (Å²) in [6, 6.07) is 33.5. The highest BCUT2D eigenvalue weighted by Crippen LogP contribution is 2.28. The summed E-state index contributed by atoms with van der Waals surface area (Å²) >= 11 is 0. The smallest absolute Gasteiger partial charge is 0.323 e. The predicted molar refractivity (Wildman–Crippen MR) is 189 cm³/mol. The molecule has 49 heavy (non-hydrogen) atoms. The van der Waals surface area contributed by atoms with E-state index in [-0.39, 0.29) is 37.2 Å². The van der Waals surface area contributed by atoms with Crippen molar-refractivity contribution in [3.05, 3.63) is 120 Å². The summed E-state index contributed by atoms with van der Waals surface area (Å²) < 4.78 is 40.2. The van der Waals surface area contributed by atoms with Crippen LogP contribution >= 0.6 is 0 Å². The van der Waals surface area contributed by atoms with Crippen molar-refractivity contribution in [1.82, 2.24) is 9.21 Å². The van der Waals surface area contributed by atoms with E-state index in [9.17, 15) is 23.4 Å². The highest BCUT2D eigenvalue weighted by atomic mass is 32.2. The minimum absolute atomic E-state index is 0.0771. The molecule has 0 amide bonds. The van der Waals surface area contributed by atoms with Gasteiger partial charge in [-0.3, -0.25) is 9.69 Å². The number of benzene rings is 4. The number of hydrogen-bond acceptors (Lipinski definition) is 8. The largest absolute Gasteiger partial charge is 0.491 e. The van der Waals surface area contributed by atoms with Crippen LogP contribution in [0.25, 0.3) is 0 Å². The molecule has 1 saturated heterocycles. The van der Waals surface area contributed by atoms with E-state index < -0.39 is 22.1 Å². The highest BCUT2D eigenvalue weighted by molar-refractivity contribution is 7.89. The summed E-state index contributed by atoms with van der Waals surface area (Å²) in [5.41, 5.74) is 2.82. The first-order valence-electron chi connectivity index (χ1n) is 16.6. The van der Waals surface area contributed by atoms with Crippen LogP contribution < -0.4 is 14.4 Å². The molecular formula is C38H45N3O7S. The van der Waals surface area contributed by atoms with Gasteiger partial charge in [0.15, 0.2) is 0 Å². The number of carboxylic acids is 1. The standard InChI is InChI=1S/C38H45N3O7S/c1-2-3-22-39(27-38(43)44)32-14-20-37(21-15-32)49(45,46)41-24-33(25-41)40(23-30-10-6-4-7-11-30)26-34(42)29-48-36-18-16-35(17-19-36)47-28-31-12-8-5-9-13-31/h4-21,33-34,42H,2-3,22-29H2,1H3,(H,43,44). The molecule has 0 radical (unpaired) electrons. The number of aliphatic hydroxyl groups excluding tert-OH is 1. The van der Waals surface area contributed by atoms with E-state index in [0.29, 0.717) is 37.7 Å². The van der Waals surface area contributed by atoms with Crippen molar-refractivity contribution in [2.75, 3.05) is 44.2 Å². The van der Waals surface area contributed by atoms with Crippen LogP contribution in [0.5, 0.6) is 11.5 Å². The second kappa shape index (κ2) is 17.3. The zero-order chi connectivity index (χ0) is 34.6. The Hall–Kier alpha value is -4.42. The van der Waals surface area contributed by atoms with Crippen molar-refractivity contribution >= 4 is 21.7 Å². The Morgan fingerprint density at radius 1 is 0.857 bits per heavy atom. The number of hydrogen-bond donors (Lipinski definition) is 2. The van der Waals surface area contributed by atoms with Gasteiger partial charge in [-0.25, -0.2) is 8.42 Å². The minimum Gasteiger partial charge on any atom is -0.491 e. The lowest BCUT2D eigenvalue weighted by Crippen LogP contribution is -2.61. The summed E-state index contributed by atoms with van der Waals surface area (Å²) in [4.78, 5) is 15.4. The topological polar surface area (TPSA) is 120 Å². The lowest BCUT2D eigenvalue weighted by atomic mass is 10.1. The molecule has 1 unspecified atom stereocenters. The van der Waals surface area contributed by atoms with Crippen molar-refractivity contribution in [2.24, 2.45) is 0 Å². The molecule has 1 atom stereocenters. The molecule has 0 bridgehead atoms. The molecule has 1 aliphatic rings. The fourth-order valence-corrected chi connectivity index (χ4v) is 7.20. The van der Waals surface area contributed by atoms with E-state index in [1.807, 2.05) is 91.9 Å². The first-order chi connectivity index (χ1) is 23.7. The van der Waals surface area contributed by atoms with E-state index >= 15 is 0 Å². The van der Waals surface area contributed by atoms with E-state index in [2.05, 4.69) is 4.90 Å². The fraction of sp³-hybridized carbons (Fsp3) is 0.342. The van der Waals surface area contributed by atoms with E-state index in [1.165, 1.54) is 4.31 Å². The molecule has 0 aliphatic carbocycles. The second-order valence-corrected chi connectivity index (χ2v) is 14.2. The molecule has 11 heteroatoms. The van der Waals surface area contributed by atoms with Crippen molar-refractivity contribution in [3.8, 4) is 11.5 Å². The van der Waals surface area contributed by atoms with Crippen molar-refractivity contribution in [2.45, 2.75) is 50.0 Å². The third kappa shape index (κ3) is 10.3. The van der Waals surface area contributed by atoms with Crippen LogP contribution in [0.4, 0.5) is 5.69 Å². The third-order valence-electron chi connectivity index (χ3n) is 8.48. The maximum atomic E-state index is 13.5. The van der Waals surface area contributed by atoms with Crippen LogP contribution in [0.3, 0.4) is 0 Å². The minimum atomic E-state index is -3.75. The molecule has 1 aliphatic heterocycles. The molecule has 10 nitrogen and oxygen atoms in total. The normalized spacial score (nSPS) is 14.3. The summed E-state index contributed by atoms with van der Waals surface area (Å²) in [7, 11) is -3.75. The lowest BCUT2D eigenvalue weighted by molar-refractivity contribution is -0.135. The summed E-state index contributed by atoms with van der Waals surface area (Å²) in [5, 5.41) is 20.3. The second-order valence-electron chi connectivity index (χ2n) is 12.3. The Labute approximate surface area is 289 Å². The number of rotatable bonds is 19. The molecule has 0 spiro atoms. The van der Waals surface area contributed by atoms with Crippen LogP contribution in [0.15, 0.2) is 114 Å². The quantitative estimate of drug-likeness (QED) is 0.136. The number of nitrogens with zero attached hydrogens (tertiary/aromatic N) is 3. The van der Waals surface area contributed by atoms with Crippen LogP contribution in [0.1, 0.15) is 30.9 Å². The van der Waals surface area contributed by atoms with E-state index in [4.69, 9.17) is 9.47 Å². The average Bonchev–Trinajstić information content (AvgIpc) is 3.08. The van der Waals surface area contributed by atoms with Gasteiger partial charge in [0, 0.05) is 44.5 Å². The molecule has 260 valence electrons. The van der Waals surface area contributed by atoms with Gasteiger partial charge in [-0.15, -0.1) is 0 Å². The first kappa shape index (κ1) is 35.9. The van der Waals surface area contributed by atoms with Gasteiger partial charge < -0.3 is 24.6 Å². The fourth-order valence-electron chi connectivity index (χ4n) is 5.68. The van der Waals surface area contributed by atoms with E-state index in [1.54, 1.807) is 29.2 Å². The predicted octanol–water partition coefficient (Wildman–Crippen LogP) is 5.27. The molecule has 5 rings (SSSR count). The van der Waals surface area contributed by atoms with Gasteiger partial charge in [-0.05, 0) is 66.1 Å². The van der Waals surface area contributed by atoms with Crippen LogP contribution in [-0.2, 0) is 28.0 Å². The number of aliphatic hydroxyl groups is 1. The Morgan fingerprint density at radius 2 is 1.45 bits per heavy atom. The van der Waals surface area contributed by atoms with Gasteiger partial charge in [0.2, 0.25) is 10.0 Å². The van der Waals surface area contributed by atoms with Crippen LogP contribution in [-0.4, -0.2) is 85.3 Å². The number of sulfonamides is 1. The Kier molecular flexibility index (Phi) is 12.7. The highest BCUT2D eigenvalue weighted by Gasteiger charge is 2.40. The van der Waals surface area contributed by atoms with E-state index in [0.717, 1.165) is 29.7 Å². The molecule has 4 aromatic rings. The van der Waals surface area contributed by atoms with Gasteiger partial charge in [-0.2, -0.15) is 4.31 Å².